The van der Waals surface area contributed by atoms with Crippen LogP contribution in [0, 0.1) is 0 Å². The van der Waals surface area contributed by atoms with Crippen molar-refractivity contribution in [3.8, 4) is 0 Å². The maximum absolute atomic E-state index is 9.69. The lowest BCUT2D eigenvalue weighted by atomic mass is 10.0. The number of hydrogen-bond acceptors (Lipinski definition) is 6. The molecule has 0 aliphatic heterocycles. The molecule has 0 saturated carbocycles. The minimum Gasteiger partial charge on any atom is -0.394 e. The van der Waals surface area contributed by atoms with Crippen molar-refractivity contribution in [1.29, 1.82) is 0 Å². The highest BCUT2D eigenvalue weighted by Gasteiger charge is 2.17. The molecule has 2 rings (SSSR count). The first-order valence-corrected chi connectivity index (χ1v) is 9.65. The van der Waals surface area contributed by atoms with Gasteiger partial charge in [0, 0.05) is 26.2 Å². The molecule has 0 aliphatic carbocycles. The van der Waals surface area contributed by atoms with Gasteiger partial charge in [-0.3, -0.25) is 4.90 Å². The lowest BCUT2D eigenvalue weighted by molar-refractivity contribution is 0.0163. The predicted molar refractivity (Wildman–Crippen MR) is 108 cm³/mol. The summed E-state index contributed by atoms with van der Waals surface area (Å²) in [6.07, 6.45) is -1.24. The molecule has 0 spiro atoms. The van der Waals surface area contributed by atoms with Crippen LogP contribution < -0.4 is 0 Å². The molecule has 2 aromatic carbocycles. The zero-order valence-corrected chi connectivity index (χ0v) is 16.1. The van der Waals surface area contributed by atoms with Gasteiger partial charge in [-0.25, -0.2) is 0 Å². The summed E-state index contributed by atoms with van der Waals surface area (Å²) in [7, 11) is 0. The molecule has 2 atom stereocenters. The van der Waals surface area contributed by atoms with E-state index in [0.717, 1.165) is 11.1 Å². The molecule has 6 nitrogen and oxygen atoms in total. The van der Waals surface area contributed by atoms with Gasteiger partial charge >= 0.3 is 0 Å². The van der Waals surface area contributed by atoms with Crippen molar-refractivity contribution in [2.75, 3.05) is 39.5 Å². The molecule has 2 aromatic rings. The van der Waals surface area contributed by atoms with Gasteiger partial charge in [-0.1, -0.05) is 60.7 Å². The third kappa shape index (κ3) is 7.67. The summed E-state index contributed by atoms with van der Waals surface area (Å²) >= 11 is 0. The Bertz CT molecular complexity index is 588. The quantitative estimate of drug-likeness (QED) is 0.385. The molecular formula is C22H31NO5. The van der Waals surface area contributed by atoms with E-state index in [4.69, 9.17) is 14.9 Å². The largest absolute Gasteiger partial charge is 0.394 e. The summed E-state index contributed by atoms with van der Waals surface area (Å²) in [5.41, 5.74) is 2.16. The normalized spacial score (nSPS) is 13.8. The van der Waals surface area contributed by atoms with E-state index >= 15 is 0 Å². The van der Waals surface area contributed by atoms with Crippen LogP contribution in [0.15, 0.2) is 60.7 Å². The van der Waals surface area contributed by atoms with Crippen molar-refractivity contribution in [3.63, 3.8) is 0 Å². The topological polar surface area (TPSA) is 93.4 Å². The van der Waals surface area contributed by atoms with Crippen molar-refractivity contribution in [2.24, 2.45) is 0 Å². The van der Waals surface area contributed by atoms with E-state index in [9.17, 15) is 10.2 Å². The minimum absolute atomic E-state index is 0.165. The van der Waals surface area contributed by atoms with Gasteiger partial charge < -0.3 is 25.2 Å². The molecule has 0 amide bonds. The summed E-state index contributed by atoms with van der Waals surface area (Å²) in [6, 6.07) is 20.1. The Kier molecular flexibility index (Phi) is 10.1. The standard InChI is InChI=1S/C22H31NO5/c24-16-20(26)14-23(15-21(27)17-25)12-7-13-28-22(18-8-3-1-4-9-18)19-10-5-2-6-11-19/h1-6,8-11,20-22,24-27H,7,12-17H2. The average Bonchev–Trinajstić information content (AvgIpc) is 2.74. The average molecular weight is 389 g/mol. The number of aliphatic hydroxyl groups is 4. The molecule has 2 unspecified atom stereocenters. The molecule has 0 saturated heterocycles. The fourth-order valence-corrected chi connectivity index (χ4v) is 3.10. The zero-order chi connectivity index (χ0) is 20.2. The Morgan fingerprint density at radius 3 is 1.64 bits per heavy atom. The van der Waals surface area contributed by atoms with Crippen LogP contribution in [-0.2, 0) is 4.74 Å². The summed E-state index contributed by atoms with van der Waals surface area (Å²) in [5.74, 6) is 0. The van der Waals surface area contributed by atoms with Gasteiger partial charge in [-0.15, -0.1) is 0 Å². The van der Waals surface area contributed by atoms with E-state index in [-0.39, 0.29) is 32.4 Å². The SMILES string of the molecule is OCC(O)CN(CCCOC(c1ccccc1)c1ccccc1)CC(O)CO. The first kappa shape index (κ1) is 22.5. The Labute approximate surface area is 166 Å². The van der Waals surface area contributed by atoms with Gasteiger partial charge in [0.2, 0.25) is 0 Å². The highest BCUT2D eigenvalue weighted by Crippen LogP contribution is 2.25. The van der Waals surface area contributed by atoms with E-state index in [1.807, 2.05) is 65.6 Å². The lowest BCUT2D eigenvalue weighted by Crippen LogP contribution is -2.41. The van der Waals surface area contributed by atoms with Crippen molar-refractivity contribution >= 4 is 0 Å². The molecular weight excluding hydrogens is 358 g/mol. The molecule has 6 heteroatoms. The van der Waals surface area contributed by atoms with Gasteiger partial charge in [0.15, 0.2) is 0 Å². The number of benzene rings is 2. The molecule has 0 fully saturated rings. The van der Waals surface area contributed by atoms with Crippen LogP contribution in [0.25, 0.3) is 0 Å². The van der Waals surface area contributed by atoms with Gasteiger partial charge in [-0.05, 0) is 17.5 Å². The van der Waals surface area contributed by atoms with Crippen molar-refractivity contribution < 1.29 is 25.2 Å². The Morgan fingerprint density at radius 1 is 0.750 bits per heavy atom. The van der Waals surface area contributed by atoms with Crippen molar-refractivity contribution in [3.05, 3.63) is 71.8 Å². The smallest absolute Gasteiger partial charge is 0.108 e. The zero-order valence-electron chi connectivity index (χ0n) is 16.1. The van der Waals surface area contributed by atoms with E-state index < -0.39 is 12.2 Å². The molecule has 0 aliphatic rings. The van der Waals surface area contributed by atoms with Crippen molar-refractivity contribution in [2.45, 2.75) is 24.7 Å². The van der Waals surface area contributed by atoms with E-state index in [1.54, 1.807) is 0 Å². The van der Waals surface area contributed by atoms with Crippen LogP contribution in [0.4, 0.5) is 0 Å². The Hall–Kier alpha value is -1.80. The van der Waals surface area contributed by atoms with Crippen molar-refractivity contribution in [1.82, 2.24) is 4.90 Å². The van der Waals surface area contributed by atoms with Crippen LogP contribution in [0.2, 0.25) is 0 Å². The second kappa shape index (κ2) is 12.6. The molecule has 4 N–H and O–H groups in total. The number of rotatable bonds is 13. The van der Waals surface area contributed by atoms with E-state index in [0.29, 0.717) is 19.6 Å². The third-order valence-electron chi connectivity index (χ3n) is 4.47. The Morgan fingerprint density at radius 2 is 1.21 bits per heavy atom. The molecule has 28 heavy (non-hydrogen) atoms. The van der Waals surface area contributed by atoms with Crippen LogP contribution in [0.5, 0.6) is 0 Å². The van der Waals surface area contributed by atoms with E-state index in [1.165, 1.54) is 0 Å². The number of hydrogen-bond donors (Lipinski definition) is 4. The summed E-state index contributed by atoms with van der Waals surface area (Å²) in [6.45, 7) is 0.848. The highest BCUT2D eigenvalue weighted by molar-refractivity contribution is 5.29. The van der Waals surface area contributed by atoms with Gasteiger partial charge in [0.1, 0.15) is 6.10 Å². The second-order valence-corrected chi connectivity index (χ2v) is 6.86. The monoisotopic (exact) mass is 389 g/mol. The van der Waals surface area contributed by atoms with Gasteiger partial charge in [0.25, 0.3) is 0 Å². The van der Waals surface area contributed by atoms with Gasteiger partial charge in [-0.2, -0.15) is 0 Å². The maximum Gasteiger partial charge on any atom is 0.108 e. The predicted octanol–water partition coefficient (Wildman–Crippen LogP) is 1.19. The highest BCUT2D eigenvalue weighted by atomic mass is 16.5. The molecule has 0 radical (unpaired) electrons. The number of nitrogens with zero attached hydrogens (tertiary/aromatic N) is 1. The molecule has 154 valence electrons. The van der Waals surface area contributed by atoms with E-state index in [2.05, 4.69) is 0 Å². The van der Waals surface area contributed by atoms with Crippen LogP contribution in [0.1, 0.15) is 23.7 Å². The van der Waals surface area contributed by atoms with Crippen LogP contribution >= 0.6 is 0 Å². The lowest BCUT2D eigenvalue weighted by Gasteiger charge is -2.26. The van der Waals surface area contributed by atoms with Crippen LogP contribution in [-0.4, -0.2) is 77.0 Å². The fraction of sp³-hybridized carbons (Fsp3) is 0.455. The second-order valence-electron chi connectivity index (χ2n) is 6.86. The summed E-state index contributed by atoms with van der Waals surface area (Å²) in [4.78, 5) is 1.82. The van der Waals surface area contributed by atoms with Crippen LogP contribution in [0.3, 0.4) is 0 Å². The summed E-state index contributed by atoms with van der Waals surface area (Å²) in [5, 5.41) is 37.5. The fourth-order valence-electron chi connectivity index (χ4n) is 3.10. The first-order valence-electron chi connectivity index (χ1n) is 9.65. The number of ether oxygens (including phenoxy) is 1. The molecule has 0 aromatic heterocycles. The first-order chi connectivity index (χ1) is 13.6. The molecule has 0 bridgehead atoms. The Balaban J connectivity index is 1.93. The third-order valence-corrected chi connectivity index (χ3v) is 4.47. The van der Waals surface area contributed by atoms with Gasteiger partial charge in [0.05, 0.1) is 25.4 Å². The molecule has 0 heterocycles. The minimum atomic E-state index is -0.881. The summed E-state index contributed by atoms with van der Waals surface area (Å²) < 4.78 is 6.18. The number of aliphatic hydroxyl groups excluding tert-OH is 4. The maximum atomic E-state index is 9.69.